The molecule has 0 aromatic heterocycles. The number of hydrogen-bond acceptors (Lipinski definition) is 2. The molecule has 1 aliphatic rings. The number of piperazine rings is 1. The molecule has 0 aliphatic carbocycles. The Morgan fingerprint density at radius 2 is 1.62 bits per heavy atom. The maximum Gasteiger partial charge on any atom is 0.216 e. The predicted molar refractivity (Wildman–Crippen MR) is 104 cm³/mol. The molecule has 2 N–H and O–H groups in total. The van der Waals surface area contributed by atoms with Crippen molar-refractivity contribution < 1.29 is 19.3 Å². The van der Waals surface area contributed by atoms with Gasteiger partial charge in [0.25, 0.3) is 0 Å². The van der Waals surface area contributed by atoms with Crippen LogP contribution in [0.5, 0.6) is 5.75 Å². The van der Waals surface area contributed by atoms with Gasteiger partial charge in [0.2, 0.25) is 5.78 Å². The summed E-state index contributed by atoms with van der Waals surface area (Å²) in [5.74, 6) is 1.00. The molecule has 26 heavy (non-hydrogen) atoms. The van der Waals surface area contributed by atoms with Crippen LogP contribution in [0.2, 0.25) is 0 Å². The average molecular weight is 352 g/mol. The highest BCUT2D eigenvalue weighted by molar-refractivity contribution is 5.96. The highest BCUT2D eigenvalue weighted by Gasteiger charge is 2.24. The molecule has 2 aromatic rings. The maximum atomic E-state index is 12.4. The van der Waals surface area contributed by atoms with Crippen LogP contribution in [-0.4, -0.2) is 52.2 Å². The number of benzene rings is 2. The van der Waals surface area contributed by atoms with Crippen molar-refractivity contribution in [3.63, 3.8) is 0 Å². The first-order valence-electron chi connectivity index (χ1n) is 9.30. The third kappa shape index (κ3) is 5.28. The van der Waals surface area contributed by atoms with E-state index in [2.05, 4.69) is 36.4 Å². The van der Waals surface area contributed by atoms with Gasteiger partial charge in [-0.15, -0.1) is 0 Å². The number of rotatable bonds is 7. The number of methoxy groups -OCH3 is 1. The number of carbonyl (C=O) groups is 1. The molecule has 0 spiro atoms. The topological polar surface area (TPSA) is 35.2 Å². The third-order valence-electron chi connectivity index (χ3n) is 5.00. The lowest BCUT2D eigenvalue weighted by atomic mass is 10.1. The molecule has 136 valence electrons. The van der Waals surface area contributed by atoms with Crippen LogP contribution in [0.25, 0.3) is 6.08 Å². The van der Waals surface area contributed by atoms with Crippen LogP contribution in [-0.2, 0) is 0 Å². The van der Waals surface area contributed by atoms with E-state index in [4.69, 9.17) is 4.74 Å². The monoisotopic (exact) mass is 352 g/mol. The first kappa shape index (κ1) is 18.4. The van der Waals surface area contributed by atoms with Crippen LogP contribution in [0.4, 0.5) is 0 Å². The minimum Gasteiger partial charge on any atom is -0.497 e. The van der Waals surface area contributed by atoms with Crippen LogP contribution in [0.3, 0.4) is 0 Å². The molecule has 0 saturated carbocycles. The van der Waals surface area contributed by atoms with Gasteiger partial charge in [-0.2, -0.15) is 0 Å². The zero-order valence-corrected chi connectivity index (χ0v) is 15.4. The number of ketones is 1. The molecule has 1 saturated heterocycles. The van der Waals surface area contributed by atoms with E-state index in [9.17, 15) is 4.79 Å². The van der Waals surface area contributed by atoms with Crippen molar-refractivity contribution in [2.45, 2.75) is 0 Å². The summed E-state index contributed by atoms with van der Waals surface area (Å²) in [4.78, 5) is 15.4. The second kappa shape index (κ2) is 9.32. The number of carbonyl (C=O) groups excluding carboxylic acids is 1. The molecule has 4 nitrogen and oxygen atoms in total. The van der Waals surface area contributed by atoms with E-state index in [0.29, 0.717) is 6.54 Å². The van der Waals surface area contributed by atoms with Gasteiger partial charge in [0.1, 0.15) is 38.5 Å². The minimum absolute atomic E-state index is 0.218. The fourth-order valence-corrected chi connectivity index (χ4v) is 3.37. The van der Waals surface area contributed by atoms with Gasteiger partial charge in [-0.3, -0.25) is 4.79 Å². The van der Waals surface area contributed by atoms with Crippen LogP contribution in [0.1, 0.15) is 15.9 Å². The molecule has 2 aromatic carbocycles. The fraction of sp³-hybridized carbons (Fsp3) is 0.318. The lowest BCUT2D eigenvalue weighted by molar-refractivity contribution is -1.01. The molecule has 0 unspecified atom stereocenters. The molecule has 1 fully saturated rings. The number of Topliss-reactive ketones (excluding diaryl/α,β-unsaturated/α-hetero) is 1. The van der Waals surface area contributed by atoms with E-state index in [1.165, 1.54) is 10.5 Å². The van der Waals surface area contributed by atoms with E-state index in [1.54, 1.807) is 12.0 Å². The maximum absolute atomic E-state index is 12.4. The number of nitrogens with one attached hydrogen (secondary N) is 2. The van der Waals surface area contributed by atoms with Gasteiger partial charge in [-0.25, -0.2) is 0 Å². The molecule has 0 bridgehead atoms. The lowest BCUT2D eigenvalue weighted by Gasteiger charge is -2.28. The summed E-state index contributed by atoms with van der Waals surface area (Å²) in [6.45, 7) is 5.97. The first-order chi connectivity index (χ1) is 12.7. The van der Waals surface area contributed by atoms with Gasteiger partial charge in [-0.1, -0.05) is 36.4 Å². The largest absolute Gasteiger partial charge is 0.497 e. The standard InChI is InChI=1S/C22H26N2O2/c1-26-21-11-9-20(10-12-21)22(25)18-24-16-14-23(15-17-24)13-5-8-19-6-3-2-4-7-19/h2-12H,13-18H2,1H3/p+2/b8-5+. The van der Waals surface area contributed by atoms with E-state index in [0.717, 1.165) is 44.0 Å². The highest BCUT2D eigenvalue weighted by Crippen LogP contribution is 2.11. The van der Waals surface area contributed by atoms with E-state index >= 15 is 0 Å². The Kier molecular flexibility index (Phi) is 6.58. The van der Waals surface area contributed by atoms with Gasteiger partial charge >= 0.3 is 0 Å². The van der Waals surface area contributed by atoms with Gasteiger partial charge < -0.3 is 14.5 Å². The lowest BCUT2D eigenvalue weighted by Crippen LogP contribution is -3.28. The van der Waals surface area contributed by atoms with Crippen LogP contribution >= 0.6 is 0 Å². The Morgan fingerprint density at radius 1 is 0.962 bits per heavy atom. The van der Waals surface area contributed by atoms with Crippen molar-refractivity contribution in [3.8, 4) is 5.75 Å². The Bertz CT molecular complexity index is 718. The minimum atomic E-state index is 0.218. The molecule has 0 atom stereocenters. The molecule has 3 rings (SSSR count). The van der Waals surface area contributed by atoms with Crippen molar-refractivity contribution >= 4 is 11.9 Å². The molecule has 1 aliphatic heterocycles. The molecule has 1 heterocycles. The molecular formula is C22H28N2O2+2. The Balaban J connectivity index is 1.41. The Morgan fingerprint density at radius 3 is 2.27 bits per heavy atom. The smallest absolute Gasteiger partial charge is 0.216 e. The zero-order valence-electron chi connectivity index (χ0n) is 15.4. The van der Waals surface area contributed by atoms with Crippen LogP contribution < -0.4 is 14.5 Å². The zero-order chi connectivity index (χ0) is 18.2. The number of hydrogen-bond donors (Lipinski definition) is 2. The van der Waals surface area contributed by atoms with E-state index < -0.39 is 0 Å². The van der Waals surface area contributed by atoms with Crippen molar-refractivity contribution in [1.29, 1.82) is 0 Å². The second-order valence-corrected chi connectivity index (χ2v) is 6.85. The number of ether oxygens (including phenoxy) is 1. The molecule has 0 radical (unpaired) electrons. The summed E-state index contributed by atoms with van der Waals surface area (Å²) >= 11 is 0. The quantitative estimate of drug-likeness (QED) is 0.707. The summed E-state index contributed by atoms with van der Waals surface area (Å²) < 4.78 is 5.15. The third-order valence-corrected chi connectivity index (χ3v) is 5.00. The Labute approximate surface area is 155 Å². The second-order valence-electron chi connectivity index (χ2n) is 6.85. The van der Waals surface area contributed by atoms with Crippen molar-refractivity contribution in [2.24, 2.45) is 0 Å². The molecular weight excluding hydrogens is 324 g/mol. The summed E-state index contributed by atoms with van der Waals surface area (Å²) in [6.07, 6.45) is 4.46. The molecule has 0 amide bonds. The van der Waals surface area contributed by atoms with Crippen molar-refractivity contribution in [1.82, 2.24) is 0 Å². The van der Waals surface area contributed by atoms with Crippen LogP contribution in [0, 0.1) is 0 Å². The van der Waals surface area contributed by atoms with Crippen molar-refractivity contribution in [3.05, 3.63) is 71.8 Å². The van der Waals surface area contributed by atoms with Gasteiger partial charge in [0.15, 0.2) is 0 Å². The highest BCUT2D eigenvalue weighted by atomic mass is 16.5. The normalized spacial score (nSPS) is 20.2. The van der Waals surface area contributed by atoms with Crippen LogP contribution in [0.15, 0.2) is 60.7 Å². The fourth-order valence-electron chi connectivity index (χ4n) is 3.37. The van der Waals surface area contributed by atoms with E-state index in [-0.39, 0.29) is 5.78 Å². The SMILES string of the molecule is COc1ccc(C(=O)C[NH+]2CC[NH+](C/C=C/c3ccccc3)CC2)cc1. The summed E-state index contributed by atoms with van der Waals surface area (Å²) in [7, 11) is 1.64. The summed E-state index contributed by atoms with van der Waals surface area (Å²) in [5, 5.41) is 0. The van der Waals surface area contributed by atoms with E-state index in [1.807, 2.05) is 30.3 Å². The summed E-state index contributed by atoms with van der Waals surface area (Å²) in [6, 6.07) is 17.8. The summed E-state index contributed by atoms with van der Waals surface area (Å²) in [5.41, 5.74) is 2.03. The predicted octanol–water partition coefficient (Wildman–Crippen LogP) is 0.375. The van der Waals surface area contributed by atoms with Crippen molar-refractivity contribution in [2.75, 3.05) is 46.4 Å². The number of quaternary nitrogens is 2. The molecule has 4 heteroatoms. The Hall–Kier alpha value is -2.43. The average Bonchev–Trinajstić information content (AvgIpc) is 2.70. The van der Waals surface area contributed by atoms with Gasteiger partial charge in [0.05, 0.1) is 13.7 Å². The van der Waals surface area contributed by atoms with Gasteiger partial charge in [-0.05, 0) is 35.9 Å². The van der Waals surface area contributed by atoms with Gasteiger partial charge in [0, 0.05) is 5.56 Å². The first-order valence-corrected chi connectivity index (χ1v) is 9.30.